The zero-order valence-corrected chi connectivity index (χ0v) is 10.5. The highest BCUT2D eigenvalue weighted by atomic mass is 35.5. The van der Waals surface area contributed by atoms with Gasteiger partial charge in [-0.3, -0.25) is 4.90 Å². The highest BCUT2D eigenvalue weighted by molar-refractivity contribution is 6.31. The SMILES string of the molecule is N#Cc1ccc(CN2CCOC(C#N)C2)c(Cl)c1. The Morgan fingerprint density at radius 2 is 2.28 bits per heavy atom. The van der Waals surface area contributed by atoms with Gasteiger partial charge < -0.3 is 4.74 Å². The Labute approximate surface area is 111 Å². The number of halogens is 1. The van der Waals surface area contributed by atoms with E-state index < -0.39 is 0 Å². The first kappa shape index (κ1) is 12.9. The largest absolute Gasteiger partial charge is 0.361 e. The van der Waals surface area contributed by atoms with Gasteiger partial charge in [0.1, 0.15) is 0 Å². The minimum Gasteiger partial charge on any atom is -0.361 e. The Balaban J connectivity index is 2.06. The van der Waals surface area contributed by atoms with E-state index in [0.29, 0.717) is 30.3 Å². The van der Waals surface area contributed by atoms with E-state index in [0.717, 1.165) is 12.1 Å². The standard InChI is InChI=1S/C13H12ClN3O/c14-13-5-10(6-15)1-2-11(13)8-17-3-4-18-12(7-16)9-17/h1-2,5,12H,3-4,8-9H2. The summed E-state index contributed by atoms with van der Waals surface area (Å²) in [5.74, 6) is 0. The molecule has 1 aliphatic rings. The Morgan fingerprint density at radius 3 is 2.94 bits per heavy atom. The van der Waals surface area contributed by atoms with Crippen molar-refractivity contribution >= 4 is 11.6 Å². The molecule has 2 rings (SSSR count). The van der Waals surface area contributed by atoms with E-state index in [1.165, 1.54) is 0 Å². The molecule has 18 heavy (non-hydrogen) atoms. The average Bonchev–Trinajstić information content (AvgIpc) is 2.41. The van der Waals surface area contributed by atoms with Crippen molar-refractivity contribution in [2.24, 2.45) is 0 Å². The predicted molar refractivity (Wildman–Crippen MR) is 66.8 cm³/mol. The number of benzene rings is 1. The predicted octanol–water partition coefficient (Wildman–Crippen LogP) is 1.94. The van der Waals surface area contributed by atoms with E-state index in [-0.39, 0.29) is 6.10 Å². The Bertz CT molecular complexity index is 518. The van der Waals surface area contributed by atoms with E-state index in [1.54, 1.807) is 12.1 Å². The molecule has 1 heterocycles. The molecule has 0 saturated carbocycles. The summed E-state index contributed by atoms with van der Waals surface area (Å²) >= 11 is 6.12. The summed E-state index contributed by atoms with van der Waals surface area (Å²) in [6.45, 7) is 2.61. The van der Waals surface area contributed by atoms with Crippen LogP contribution in [-0.4, -0.2) is 30.7 Å². The van der Waals surface area contributed by atoms with Crippen molar-refractivity contribution in [3.05, 3.63) is 34.3 Å². The first-order chi connectivity index (χ1) is 8.72. The molecule has 0 aliphatic carbocycles. The van der Waals surface area contributed by atoms with Crippen LogP contribution in [0.5, 0.6) is 0 Å². The lowest BCUT2D eigenvalue weighted by Gasteiger charge is -2.29. The highest BCUT2D eigenvalue weighted by Gasteiger charge is 2.20. The van der Waals surface area contributed by atoms with Crippen LogP contribution in [0.15, 0.2) is 18.2 Å². The number of ether oxygens (including phenoxy) is 1. The van der Waals surface area contributed by atoms with Crippen LogP contribution in [0.2, 0.25) is 5.02 Å². The Kier molecular flexibility index (Phi) is 4.17. The molecule has 92 valence electrons. The lowest BCUT2D eigenvalue weighted by atomic mass is 10.1. The normalized spacial score (nSPS) is 20.1. The molecule has 0 spiro atoms. The second-order valence-corrected chi connectivity index (χ2v) is 4.55. The molecule has 1 aromatic rings. The topological polar surface area (TPSA) is 60.1 Å². The molecule has 0 N–H and O–H groups in total. The zero-order valence-electron chi connectivity index (χ0n) is 9.77. The Morgan fingerprint density at radius 1 is 1.44 bits per heavy atom. The third-order valence-corrected chi connectivity index (χ3v) is 3.22. The maximum absolute atomic E-state index is 8.83. The monoisotopic (exact) mass is 261 g/mol. The smallest absolute Gasteiger partial charge is 0.156 e. The fourth-order valence-electron chi connectivity index (χ4n) is 1.91. The van der Waals surface area contributed by atoms with Gasteiger partial charge in [0.25, 0.3) is 0 Å². The second kappa shape index (κ2) is 5.84. The van der Waals surface area contributed by atoms with Gasteiger partial charge in [-0.15, -0.1) is 0 Å². The second-order valence-electron chi connectivity index (χ2n) is 4.14. The van der Waals surface area contributed by atoms with Crippen LogP contribution in [0.1, 0.15) is 11.1 Å². The summed E-state index contributed by atoms with van der Waals surface area (Å²) in [4.78, 5) is 2.13. The van der Waals surface area contributed by atoms with E-state index in [4.69, 9.17) is 26.9 Å². The molecule has 0 amide bonds. The molecule has 1 aliphatic heterocycles. The van der Waals surface area contributed by atoms with Crippen LogP contribution < -0.4 is 0 Å². The number of rotatable bonds is 2. The van der Waals surface area contributed by atoms with Gasteiger partial charge in [-0.2, -0.15) is 10.5 Å². The Hall–Kier alpha value is -1.59. The highest BCUT2D eigenvalue weighted by Crippen LogP contribution is 2.20. The molecule has 0 bridgehead atoms. The van der Waals surface area contributed by atoms with Gasteiger partial charge in [0, 0.05) is 24.7 Å². The van der Waals surface area contributed by atoms with Gasteiger partial charge in [-0.25, -0.2) is 0 Å². The summed E-state index contributed by atoms with van der Waals surface area (Å²) in [7, 11) is 0. The van der Waals surface area contributed by atoms with Gasteiger partial charge in [-0.1, -0.05) is 17.7 Å². The van der Waals surface area contributed by atoms with E-state index in [2.05, 4.69) is 17.0 Å². The molecule has 5 heteroatoms. The number of morpholine rings is 1. The van der Waals surface area contributed by atoms with Crippen LogP contribution in [0.3, 0.4) is 0 Å². The molecular formula is C13H12ClN3O. The number of hydrogen-bond donors (Lipinski definition) is 0. The minimum atomic E-state index is -0.365. The van der Waals surface area contributed by atoms with Crippen molar-refractivity contribution in [3.63, 3.8) is 0 Å². The lowest BCUT2D eigenvalue weighted by Crippen LogP contribution is -2.41. The van der Waals surface area contributed by atoms with E-state index in [9.17, 15) is 0 Å². The van der Waals surface area contributed by atoms with Crippen molar-refractivity contribution in [1.82, 2.24) is 4.90 Å². The molecule has 0 aromatic heterocycles. The molecule has 1 aromatic carbocycles. The van der Waals surface area contributed by atoms with Crippen LogP contribution in [-0.2, 0) is 11.3 Å². The fraction of sp³-hybridized carbons (Fsp3) is 0.385. The van der Waals surface area contributed by atoms with E-state index >= 15 is 0 Å². The van der Waals surface area contributed by atoms with Crippen LogP contribution >= 0.6 is 11.6 Å². The summed E-state index contributed by atoms with van der Waals surface area (Å²) in [6, 6.07) is 9.44. The van der Waals surface area contributed by atoms with Crippen LogP contribution in [0, 0.1) is 22.7 Å². The summed E-state index contributed by atoms with van der Waals surface area (Å²) < 4.78 is 5.28. The van der Waals surface area contributed by atoms with E-state index in [1.807, 2.05) is 6.07 Å². The number of hydrogen-bond acceptors (Lipinski definition) is 4. The van der Waals surface area contributed by atoms with Gasteiger partial charge in [0.05, 0.1) is 24.3 Å². The van der Waals surface area contributed by atoms with Gasteiger partial charge in [0.2, 0.25) is 0 Å². The molecule has 4 nitrogen and oxygen atoms in total. The molecule has 1 unspecified atom stereocenters. The maximum Gasteiger partial charge on any atom is 0.156 e. The van der Waals surface area contributed by atoms with Gasteiger partial charge >= 0.3 is 0 Å². The molecule has 0 radical (unpaired) electrons. The molecular weight excluding hydrogens is 250 g/mol. The maximum atomic E-state index is 8.83. The summed E-state index contributed by atoms with van der Waals surface area (Å²) in [5.41, 5.74) is 1.52. The molecule has 1 saturated heterocycles. The molecule has 1 fully saturated rings. The third-order valence-electron chi connectivity index (χ3n) is 2.87. The minimum absolute atomic E-state index is 0.365. The van der Waals surface area contributed by atoms with Crippen LogP contribution in [0.25, 0.3) is 0 Å². The van der Waals surface area contributed by atoms with Crippen molar-refractivity contribution in [2.75, 3.05) is 19.7 Å². The van der Waals surface area contributed by atoms with Crippen molar-refractivity contribution in [1.29, 1.82) is 10.5 Å². The van der Waals surface area contributed by atoms with Gasteiger partial charge in [0.15, 0.2) is 6.10 Å². The quantitative estimate of drug-likeness (QED) is 0.816. The zero-order chi connectivity index (χ0) is 13.0. The summed E-state index contributed by atoms with van der Waals surface area (Å²) in [6.07, 6.45) is -0.365. The fourth-order valence-corrected chi connectivity index (χ4v) is 2.15. The number of nitriles is 2. The first-order valence-electron chi connectivity index (χ1n) is 5.65. The van der Waals surface area contributed by atoms with Crippen LogP contribution in [0.4, 0.5) is 0 Å². The third kappa shape index (κ3) is 3.00. The first-order valence-corrected chi connectivity index (χ1v) is 6.03. The number of nitrogens with zero attached hydrogens (tertiary/aromatic N) is 3. The lowest BCUT2D eigenvalue weighted by molar-refractivity contribution is -0.00268. The molecule has 1 atom stereocenters. The summed E-state index contributed by atoms with van der Waals surface area (Å²) in [5, 5.41) is 18.2. The van der Waals surface area contributed by atoms with Crippen molar-refractivity contribution < 1.29 is 4.74 Å². The van der Waals surface area contributed by atoms with Gasteiger partial charge in [-0.05, 0) is 17.7 Å². The van der Waals surface area contributed by atoms with Crippen molar-refractivity contribution in [3.8, 4) is 12.1 Å². The average molecular weight is 262 g/mol. The van der Waals surface area contributed by atoms with Crippen molar-refractivity contribution in [2.45, 2.75) is 12.6 Å².